The molecule has 1 saturated heterocycles. The van der Waals surface area contributed by atoms with E-state index in [4.69, 9.17) is 0 Å². The molecule has 3 rings (SSSR count). The maximum Gasteiger partial charge on any atom is 0.232 e. The lowest BCUT2D eigenvalue weighted by molar-refractivity contribution is -0.134. The number of aliphatic hydroxyl groups excluding tert-OH is 1. The number of aliphatic hydroxyl groups is 1. The van der Waals surface area contributed by atoms with Crippen molar-refractivity contribution in [3.05, 3.63) is 29.8 Å². The van der Waals surface area contributed by atoms with Gasteiger partial charge in [0.05, 0.1) is 18.6 Å². The van der Waals surface area contributed by atoms with Crippen LogP contribution in [0.1, 0.15) is 24.8 Å². The Hall–Kier alpha value is -1.55. The summed E-state index contributed by atoms with van der Waals surface area (Å²) in [6.07, 6.45) is 0.985. The molecule has 0 bridgehead atoms. The van der Waals surface area contributed by atoms with Crippen LogP contribution >= 0.6 is 0 Å². The van der Waals surface area contributed by atoms with E-state index in [0.717, 1.165) is 24.2 Å². The second-order valence-electron chi connectivity index (χ2n) is 5.57. The minimum absolute atomic E-state index is 0.0136. The summed E-state index contributed by atoms with van der Waals surface area (Å²) in [4.78, 5) is 14.6. The first-order valence-electron chi connectivity index (χ1n) is 6.96. The molecule has 2 aliphatic heterocycles. The standard InChI is InChI=1S/C15H20N2O2/c1-10-6-7-17(14(10)9-18)15(19)12-8-16-13-5-3-2-4-11(12)13/h2-5,10,12,14,16,18H,6-9H2,1H3. The number of para-hydroxylation sites is 1. The van der Waals surface area contributed by atoms with Crippen LogP contribution in [0.15, 0.2) is 24.3 Å². The first kappa shape index (κ1) is 12.5. The fraction of sp³-hybridized carbons (Fsp3) is 0.533. The zero-order valence-corrected chi connectivity index (χ0v) is 11.2. The highest BCUT2D eigenvalue weighted by Crippen LogP contribution is 2.35. The average Bonchev–Trinajstić information content (AvgIpc) is 3.01. The van der Waals surface area contributed by atoms with Crippen molar-refractivity contribution in [3.63, 3.8) is 0 Å². The molecule has 102 valence electrons. The third-order valence-electron chi connectivity index (χ3n) is 4.48. The molecule has 19 heavy (non-hydrogen) atoms. The third-order valence-corrected chi connectivity index (χ3v) is 4.48. The number of anilines is 1. The number of benzene rings is 1. The van der Waals surface area contributed by atoms with Gasteiger partial charge >= 0.3 is 0 Å². The molecule has 1 aromatic carbocycles. The van der Waals surface area contributed by atoms with Crippen LogP contribution in [-0.2, 0) is 4.79 Å². The first-order chi connectivity index (χ1) is 9.22. The molecule has 0 saturated carbocycles. The van der Waals surface area contributed by atoms with E-state index in [-0.39, 0.29) is 24.5 Å². The van der Waals surface area contributed by atoms with Gasteiger partial charge in [-0.15, -0.1) is 0 Å². The molecule has 1 aromatic rings. The Bertz CT molecular complexity index is 489. The fourth-order valence-corrected chi connectivity index (χ4v) is 3.26. The predicted octanol–water partition coefficient (Wildman–Crippen LogP) is 1.42. The number of amides is 1. The minimum Gasteiger partial charge on any atom is -0.394 e. The molecule has 1 fully saturated rings. The molecule has 2 N–H and O–H groups in total. The summed E-state index contributed by atoms with van der Waals surface area (Å²) in [6.45, 7) is 3.61. The Morgan fingerprint density at radius 2 is 2.26 bits per heavy atom. The van der Waals surface area contributed by atoms with Crippen molar-refractivity contribution in [2.24, 2.45) is 5.92 Å². The highest BCUT2D eigenvalue weighted by atomic mass is 16.3. The van der Waals surface area contributed by atoms with Crippen molar-refractivity contribution in [2.75, 3.05) is 25.0 Å². The van der Waals surface area contributed by atoms with Gasteiger partial charge in [0.2, 0.25) is 5.91 Å². The van der Waals surface area contributed by atoms with Gasteiger partial charge in [0.1, 0.15) is 0 Å². The molecule has 0 aliphatic carbocycles. The van der Waals surface area contributed by atoms with Gasteiger partial charge in [0.15, 0.2) is 0 Å². The lowest BCUT2D eigenvalue weighted by Crippen LogP contribution is -2.42. The Balaban J connectivity index is 1.82. The van der Waals surface area contributed by atoms with Crippen molar-refractivity contribution in [1.82, 2.24) is 4.90 Å². The number of hydrogen-bond donors (Lipinski definition) is 2. The maximum atomic E-state index is 12.7. The molecular weight excluding hydrogens is 240 g/mol. The van der Waals surface area contributed by atoms with Gasteiger partial charge in [-0.2, -0.15) is 0 Å². The molecular formula is C15H20N2O2. The smallest absolute Gasteiger partial charge is 0.232 e. The Kier molecular flexibility index (Phi) is 3.19. The van der Waals surface area contributed by atoms with Crippen molar-refractivity contribution in [1.29, 1.82) is 0 Å². The molecule has 3 unspecified atom stereocenters. The van der Waals surface area contributed by atoms with Crippen LogP contribution in [-0.4, -0.2) is 41.7 Å². The molecule has 1 amide bonds. The summed E-state index contributed by atoms with van der Waals surface area (Å²) in [5.41, 5.74) is 2.15. The van der Waals surface area contributed by atoms with Gasteiger partial charge in [0, 0.05) is 18.8 Å². The highest BCUT2D eigenvalue weighted by Gasteiger charge is 2.39. The van der Waals surface area contributed by atoms with Crippen LogP contribution in [0, 0.1) is 5.92 Å². The van der Waals surface area contributed by atoms with Crippen molar-refractivity contribution >= 4 is 11.6 Å². The number of nitrogens with zero attached hydrogens (tertiary/aromatic N) is 1. The number of hydrogen-bond acceptors (Lipinski definition) is 3. The number of rotatable bonds is 2. The second-order valence-corrected chi connectivity index (χ2v) is 5.57. The SMILES string of the molecule is CC1CCN(C(=O)C2CNc3ccccc32)C1CO. The number of nitrogens with one attached hydrogen (secondary N) is 1. The van der Waals surface area contributed by atoms with Gasteiger partial charge in [-0.05, 0) is 24.0 Å². The number of carbonyl (C=O) groups excluding carboxylic acids is 1. The molecule has 0 aromatic heterocycles. The molecule has 0 radical (unpaired) electrons. The van der Waals surface area contributed by atoms with Crippen LogP contribution in [0.5, 0.6) is 0 Å². The second kappa shape index (κ2) is 4.85. The number of likely N-dealkylation sites (tertiary alicyclic amines) is 1. The number of fused-ring (bicyclic) bond motifs is 1. The van der Waals surface area contributed by atoms with E-state index in [1.54, 1.807) is 0 Å². The molecule has 0 spiro atoms. The summed E-state index contributed by atoms with van der Waals surface area (Å²) in [5.74, 6) is 0.440. The van der Waals surface area contributed by atoms with Crippen LogP contribution in [0.4, 0.5) is 5.69 Å². The molecule has 2 aliphatic rings. The Morgan fingerprint density at radius 1 is 1.47 bits per heavy atom. The summed E-state index contributed by atoms with van der Waals surface area (Å²) >= 11 is 0. The Morgan fingerprint density at radius 3 is 3.05 bits per heavy atom. The fourth-order valence-electron chi connectivity index (χ4n) is 3.26. The first-order valence-corrected chi connectivity index (χ1v) is 6.96. The van der Waals surface area contributed by atoms with Gasteiger partial charge in [-0.1, -0.05) is 25.1 Å². The lowest BCUT2D eigenvalue weighted by Gasteiger charge is -2.27. The largest absolute Gasteiger partial charge is 0.394 e. The molecule has 4 nitrogen and oxygen atoms in total. The average molecular weight is 260 g/mol. The van der Waals surface area contributed by atoms with E-state index in [1.807, 2.05) is 29.2 Å². The Labute approximate surface area is 113 Å². The van der Waals surface area contributed by atoms with Crippen molar-refractivity contribution in [3.8, 4) is 0 Å². The third kappa shape index (κ3) is 2.00. The van der Waals surface area contributed by atoms with Crippen LogP contribution in [0.2, 0.25) is 0 Å². The van der Waals surface area contributed by atoms with Gasteiger partial charge in [-0.3, -0.25) is 4.79 Å². The van der Waals surface area contributed by atoms with Gasteiger partial charge in [0.25, 0.3) is 0 Å². The molecule has 3 atom stereocenters. The molecule has 2 heterocycles. The van der Waals surface area contributed by atoms with Crippen LogP contribution in [0.25, 0.3) is 0 Å². The summed E-state index contributed by atoms with van der Waals surface area (Å²) in [7, 11) is 0. The minimum atomic E-state index is -0.101. The van der Waals surface area contributed by atoms with Gasteiger partial charge < -0.3 is 15.3 Å². The lowest BCUT2D eigenvalue weighted by atomic mass is 9.98. The zero-order chi connectivity index (χ0) is 13.4. The van der Waals surface area contributed by atoms with E-state index >= 15 is 0 Å². The van der Waals surface area contributed by atoms with Crippen LogP contribution < -0.4 is 5.32 Å². The number of carbonyl (C=O) groups is 1. The van der Waals surface area contributed by atoms with E-state index in [2.05, 4.69) is 12.2 Å². The van der Waals surface area contributed by atoms with Crippen molar-refractivity contribution in [2.45, 2.75) is 25.3 Å². The van der Waals surface area contributed by atoms with E-state index in [1.165, 1.54) is 0 Å². The zero-order valence-electron chi connectivity index (χ0n) is 11.2. The van der Waals surface area contributed by atoms with E-state index < -0.39 is 0 Å². The predicted molar refractivity (Wildman–Crippen MR) is 74.0 cm³/mol. The highest BCUT2D eigenvalue weighted by molar-refractivity contribution is 5.88. The molecule has 4 heteroatoms. The monoisotopic (exact) mass is 260 g/mol. The van der Waals surface area contributed by atoms with E-state index in [0.29, 0.717) is 12.5 Å². The summed E-state index contributed by atoms with van der Waals surface area (Å²) < 4.78 is 0. The van der Waals surface area contributed by atoms with Crippen LogP contribution in [0.3, 0.4) is 0 Å². The summed E-state index contributed by atoms with van der Waals surface area (Å²) in [5, 5.41) is 12.8. The quantitative estimate of drug-likeness (QED) is 0.845. The normalized spacial score (nSPS) is 29.2. The van der Waals surface area contributed by atoms with E-state index in [9.17, 15) is 9.90 Å². The summed E-state index contributed by atoms with van der Waals surface area (Å²) in [6, 6.07) is 7.97. The maximum absolute atomic E-state index is 12.7. The van der Waals surface area contributed by atoms with Crippen molar-refractivity contribution < 1.29 is 9.90 Å². The van der Waals surface area contributed by atoms with Gasteiger partial charge in [-0.25, -0.2) is 0 Å². The topological polar surface area (TPSA) is 52.6 Å².